The molecule has 2 aromatic heterocycles. The van der Waals surface area contributed by atoms with Crippen LogP contribution in [-0.4, -0.2) is 16.5 Å². The van der Waals surface area contributed by atoms with Crippen LogP contribution >= 0.6 is 0 Å². The van der Waals surface area contributed by atoms with Crippen molar-refractivity contribution in [3.8, 4) is 0 Å². The highest BCUT2D eigenvalue weighted by molar-refractivity contribution is 5.27. The molecule has 0 aliphatic heterocycles. The van der Waals surface area contributed by atoms with Crippen LogP contribution in [0.1, 0.15) is 29.7 Å². The molecule has 0 aliphatic carbocycles. The summed E-state index contributed by atoms with van der Waals surface area (Å²) in [5.74, 6) is 0. The molecule has 0 amide bonds. The minimum atomic E-state index is 0.334. The predicted molar refractivity (Wildman–Crippen MR) is 73.3 cm³/mol. The van der Waals surface area contributed by atoms with E-state index in [2.05, 4.69) is 47.3 Å². The molecule has 0 radical (unpaired) electrons. The van der Waals surface area contributed by atoms with Gasteiger partial charge in [0.25, 0.3) is 0 Å². The van der Waals surface area contributed by atoms with E-state index in [1.807, 2.05) is 24.8 Å². The Morgan fingerprint density at radius 1 is 1.11 bits per heavy atom. The topological polar surface area (TPSA) is 37.8 Å². The molecule has 2 aromatic rings. The van der Waals surface area contributed by atoms with Gasteiger partial charge < -0.3 is 5.32 Å². The quantitative estimate of drug-likeness (QED) is 0.874. The molecule has 0 bridgehead atoms. The Kier molecular flexibility index (Phi) is 4.42. The molecule has 2 heterocycles. The van der Waals surface area contributed by atoms with Crippen molar-refractivity contribution in [1.82, 2.24) is 15.3 Å². The molecule has 3 heteroatoms. The molecule has 3 nitrogen and oxygen atoms in total. The first-order valence-corrected chi connectivity index (χ1v) is 6.34. The number of aromatic nitrogens is 2. The van der Waals surface area contributed by atoms with Gasteiger partial charge in [0.1, 0.15) is 0 Å². The molecule has 0 fully saturated rings. The Labute approximate surface area is 108 Å². The zero-order valence-electron chi connectivity index (χ0n) is 10.9. The van der Waals surface area contributed by atoms with E-state index in [9.17, 15) is 0 Å². The summed E-state index contributed by atoms with van der Waals surface area (Å²) in [5.41, 5.74) is 3.85. The normalized spacial score (nSPS) is 12.3. The Morgan fingerprint density at radius 2 is 1.83 bits per heavy atom. The first kappa shape index (κ1) is 12.7. The fourth-order valence-electron chi connectivity index (χ4n) is 2.17. The lowest BCUT2D eigenvalue weighted by Gasteiger charge is -2.20. The molecular formula is C15H19N3. The van der Waals surface area contributed by atoms with Gasteiger partial charge in [0, 0.05) is 30.8 Å². The van der Waals surface area contributed by atoms with Crippen LogP contribution in [0.3, 0.4) is 0 Å². The Hall–Kier alpha value is -1.74. The molecule has 0 aromatic carbocycles. The van der Waals surface area contributed by atoms with Crippen molar-refractivity contribution in [1.29, 1.82) is 0 Å². The number of likely N-dealkylation sites (N-methyl/N-ethyl adjacent to an activating group) is 1. The Morgan fingerprint density at radius 3 is 2.50 bits per heavy atom. The number of hydrogen-bond donors (Lipinski definition) is 1. The minimum absolute atomic E-state index is 0.334. The lowest BCUT2D eigenvalue weighted by Crippen LogP contribution is -2.23. The van der Waals surface area contributed by atoms with E-state index >= 15 is 0 Å². The molecule has 2 rings (SSSR count). The summed E-state index contributed by atoms with van der Waals surface area (Å²) in [5, 5.41) is 3.54. The van der Waals surface area contributed by atoms with Gasteiger partial charge in [-0.2, -0.15) is 0 Å². The van der Waals surface area contributed by atoms with Gasteiger partial charge in [0.15, 0.2) is 0 Å². The van der Waals surface area contributed by atoms with Crippen LogP contribution in [0.4, 0.5) is 0 Å². The number of hydrogen-bond acceptors (Lipinski definition) is 3. The second kappa shape index (κ2) is 6.26. The third kappa shape index (κ3) is 3.14. The average Bonchev–Trinajstić information content (AvgIpc) is 2.40. The summed E-state index contributed by atoms with van der Waals surface area (Å²) >= 11 is 0. The number of pyridine rings is 2. The number of nitrogens with one attached hydrogen (secondary N) is 1. The van der Waals surface area contributed by atoms with Gasteiger partial charge in [0.2, 0.25) is 0 Å². The van der Waals surface area contributed by atoms with E-state index in [1.165, 1.54) is 16.7 Å². The van der Waals surface area contributed by atoms with Crippen LogP contribution in [0.2, 0.25) is 0 Å². The summed E-state index contributed by atoms with van der Waals surface area (Å²) in [4.78, 5) is 8.22. The summed E-state index contributed by atoms with van der Waals surface area (Å²) in [7, 11) is 0. The zero-order valence-corrected chi connectivity index (χ0v) is 10.9. The van der Waals surface area contributed by atoms with Crippen molar-refractivity contribution in [2.45, 2.75) is 26.3 Å². The fraction of sp³-hybridized carbons (Fsp3) is 0.333. The molecule has 1 atom stereocenters. The van der Waals surface area contributed by atoms with Crippen molar-refractivity contribution in [2.24, 2.45) is 0 Å². The second-order valence-electron chi connectivity index (χ2n) is 4.40. The van der Waals surface area contributed by atoms with Crippen LogP contribution in [-0.2, 0) is 6.42 Å². The summed E-state index contributed by atoms with van der Waals surface area (Å²) in [6.45, 7) is 5.20. The van der Waals surface area contributed by atoms with Gasteiger partial charge in [-0.05, 0) is 54.8 Å². The lowest BCUT2D eigenvalue weighted by atomic mass is 9.97. The Bertz CT molecular complexity index is 482. The van der Waals surface area contributed by atoms with Gasteiger partial charge >= 0.3 is 0 Å². The van der Waals surface area contributed by atoms with Crippen LogP contribution < -0.4 is 5.32 Å². The molecule has 0 saturated heterocycles. The maximum Gasteiger partial charge on any atom is 0.0364 e. The van der Waals surface area contributed by atoms with Crippen molar-refractivity contribution in [3.63, 3.8) is 0 Å². The van der Waals surface area contributed by atoms with Gasteiger partial charge in [-0.15, -0.1) is 0 Å². The standard InChI is InChI=1S/C15H19N3/c1-3-18-15(10-13-4-7-16-8-5-13)14-6-9-17-11-12(14)2/h4-9,11,15,18H,3,10H2,1-2H3. The third-order valence-electron chi connectivity index (χ3n) is 3.08. The summed E-state index contributed by atoms with van der Waals surface area (Å²) in [6.07, 6.45) is 8.45. The number of rotatable bonds is 5. The lowest BCUT2D eigenvalue weighted by molar-refractivity contribution is 0.546. The summed E-state index contributed by atoms with van der Waals surface area (Å²) < 4.78 is 0. The van der Waals surface area contributed by atoms with Crippen molar-refractivity contribution in [2.75, 3.05) is 6.54 Å². The largest absolute Gasteiger partial charge is 0.310 e. The third-order valence-corrected chi connectivity index (χ3v) is 3.08. The highest BCUT2D eigenvalue weighted by Gasteiger charge is 2.13. The first-order chi connectivity index (χ1) is 8.81. The smallest absolute Gasteiger partial charge is 0.0364 e. The van der Waals surface area contributed by atoms with Gasteiger partial charge in [-0.3, -0.25) is 9.97 Å². The van der Waals surface area contributed by atoms with E-state index in [-0.39, 0.29) is 0 Å². The van der Waals surface area contributed by atoms with Crippen LogP contribution in [0.5, 0.6) is 0 Å². The molecule has 1 N–H and O–H groups in total. The van der Waals surface area contributed by atoms with E-state index in [0.29, 0.717) is 6.04 Å². The second-order valence-corrected chi connectivity index (χ2v) is 4.40. The monoisotopic (exact) mass is 241 g/mol. The van der Waals surface area contributed by atoms with E-state index in [4.69, 9.17) is 0 Å². The molecule has 94 valence electrons. The Balaban J connectivity index is 2.21. The van der Waals surface area contributed by atoms with Crippen molar-refractivity contribution < 1.29 is 0 Å². The fourth-order valence-corrected chi connectivity index (χ4v) is 2.17. The van der Waals surface area contributed by atoms with E-state index < -0.39 is 0 Å². The van der Waals surface area contributed by atoms with Gasteiger partial charge in [-0.1, -0.05) is 6.92 Å². The van der Waals surface area contributed by atoms with Crippen LogP contribution in [0.15, 0.2) is 43.0 Å². The maximum absolute atomic E-state index is 4.16. The maximum atomic E-state index is 4.16. The molecule has 0 spiro atoms. The SMILES string of the molecule is CCNC(Cc1ccncc1)c1ccncc1C. The molecular weight excluding hydrogens is 222 g/mol. The average molecular weight is 241 g/mol. The molecule has 1 unspecified atom stereocenters. The molecule has 0 aliphatic rings. The van der Waals surface area contributed by atoms with Crippen LogP contribution in [0, 0.1) is 6.92 Å². The molecule has 18 heavy (non-hydrogen) atoms. The van der Waals surface area contributed by atoms with Gasteiger partial charge in [0.05, 0.1) is 0 Å². The van der Waals surface area contributed by atoms with Crippen molar-refractivity contribution >= 4 is 0 Å². The predicted octanol–water partition coefficient (Wildman–Crippen LogP) is 2.68. The zero-order chi connectivity index (χ0) is 12.8. The highest BCUT2D eigenvalue weighted by Crippen LogP contribution is 2.20. The first-order valence-electron chi connectivity index (χ1n) is 6.34. The molecule has 0 saturated carbocycles. The van der Waals surface area contributed by atoms with Gasteiger partial charge in [-0.25, -0.2) is 0 Å². The van der Waals surface area contributed by atoms with E-state index in [0.717, 1.165) is 13.0 Å². The number of nitrogens with zero attached hydrogens (tertiary/aromatic N) is 2. The summed E-state index contributed by atoms with van der Waals surface area (Å²) in [6, 6.07) is 6.58. The number of aryl methyl sites for hydroxylation is 1. The van der Waals surface area contributed by atoms with Crippen LogP contribution in [0.25, 0.3) is 0 Å². The minimum Gasteiger partial charge on any atom is -0.310 e. The highest BCUT2D eigenvalue weighted by atomic mass is 14.9. The van der Waals surface area contributed by atoms with E-state index in [1.54, 1.807) is 0 Å². The van der Waals surface area contributed by atoms with Crippen molar-refractivity contribution in [3.05, 3.63) is 59.7 Å².